The summed E-state index contributed by atoms with van der Waals surface area (Å²) in [6, 6.07) is -0.0477. The van der Waals surface area contributed by atoms with Gasteiger partial charge < -0.3 is 0 Å². The van der Waals surface area contributed by atoms with E-state index in [9.17, 15) is 16.8 Å². The zero-order valence-corrected chi connectivity index (χ0v) is 13.2. The summed E-state index contributed by atoms with van der Waals surface area (Å²) < 4.78 is 49.7. The van der Waals surface area contributed by atoms with Crippen molar-refractivity contribution >= 4 is 35.8 Å². The van der Waals surface area contributed by atoms with Gasteiger partial charge in [0.1, 0.15) is 9.84 Å². The van der Waals surface area contributed by atoms with E-state index in [-0.39, 0.29) is 35.2 Å². The number of sulfone groups is 1. The number of hydrogen-bond acceptors (Lipinski definition) is 4. The minimum atomic E-state index is -3.39. The van der Waals surface area contributed by atoms with Gasteiger partial charge in [0.2, 0.25) is 10.0 Å². The molecule has 0 aromatic rings. The third kappa shape index (κ3) is 3.46. The SMILES string of the molecule is O=S1(=O)CCC(S(=O)(=O)NC2CCCC2Br)CC1. The lowest BCUT2D eigenvalue weighted by Gasteiger charge is -2.25. The van der Waals surface area contributed by atoms with Gasteiger partial charge in [0.25, 0.3) is 0 Å². The van der Waals surface area contributed by atoms with Crippen LogP contribution in [-0.4, -0.2) is 44.5 Å². The first-order chi connectivity index (χ1) is 8.30. The van der Waals surface area contributed by atoms with Crippen molar-refractivity contribution in [1.82, 2.24) is 4.72 Å². The van der Waals surface area contributed by atoms with Crippen molar-refractivity contribution in [2.75, 3.05) is 11.5 Å². The molecular formula is C10H18BrNO4S2. The summed E-state index contributed by atoms with van der Waals surface area (Å²) in [5, 5.41) is -0.554. The van der Waals surface area contributed by atoms with Crippen LogP contribution in [0.4, 0.5) is 0 Å². The van der Waals surface area contributed by atoms with Gasteiger partial charge in [-0.3, -0.25) is 0 Å². The van der Waals surface area contributed by atoms with Crippen molar-refractivity contribution in [3.8, 4) is 0 Å². The summed E-state index contributed by atoms with van der Waals surface area (Å²) in [5.74, 6) is -0.0258. The van der Waals surface area contributed by atoms with E-state index in [0.717, 1.165) is 19.3 Å². The molecule has 0 aromatic carbocycles. The molecule has 1 aliphatic heterocycles. The predicted molar refractivity (Wildman–Crippen MR) is 74.1 cm³/mol. The van der Waals surface area contributed by atoms with Crippen LogP contribution >= 0.6 is 15.9 Å². The third-order valence-corrected chi connectivity index (χ3v) is 8.48. The molecule has 1 N–H and O–H groups in total. The molecule has 8 heteroatoms. The Kier molecular flexibility index (Phi) is 4.40. The van der Waals surface area contributed by atoms with Crippen molar-refractivity contribution in [2.45, 2.75) is 48.2 Å². The zero-order chi connectivity index (χ0) is 13.4. The van der Waals surface area contributed by atoms with Crippen LogP contribution in [0.2, 0.25) is 0 Å². The standard InChI is InChI=1S/C10H18BrNO4S2/c11-9-2-1-3-10(9)12-18(15,16)8-4-6-17(13,14)7-5-8/h8-10,12H,1-7H2. The number of halogens is 1. The highest BCUT2D eigenvalue weighted by Gasteiger charge is 2.36. The first kappa shape index (κ1) is 14.7. The highest BCUT2D eigenvalue weighted by atomic mass is 79.9. The molecule has 1 saturated carbocycles. The molecule has 0 aromatic heterocycles. The van der Waals surface area contributed by atoms with Crippen LogP contribution in [0, 0.1) is 0 Å². The van der Waals surface area contributed by atoms with E-state index < -0.39 is 25.1 Å². The molecule has 106 valence electrons. The number of sulfonamides is 1. The largest absolute Gasteiger partial charge is 0.229 e. The monoisotopic (exact) mass is 359 g/mol. The van der Waals surface area contributed by atoms with Crippen molar-refractivity contribution in [3.05, 3.63) is 0 Å². The van der Waals surface area contributed by atoms with E-state index in [4.69, 9.17) is 0 Å². The molecule has 0 bridgehead atoms. The van der Waals surface area contributed by atoms with Crippen molar-refractivity contribution in [1.29, 1.82) is 0 Å². The summed E-state index contributed by atoms with van der Waals surface area (Å²) in [5.41, 5.74) is 0. The van der Waals surface area contributed by atoms with Gasteiger partial charge in [0.15, 0.2) is 0 Å². The maximum absolute atomic E-state index is 12.2. The van der Waals surface area contributed by atoms with Gasteiger partial charge in [-0.15, -0.1) is 0 Å². The summed E-state index contributed by atoms with van der Waals surface area (Å²) in [4.78, 5) is 0.194. The van der Waals surface area contributed by atoms with Gasteiger partial charge in [0, 0.05) is 10.9 Å². The second-order valence-electron chi connectivity index (χ2n) is 5.07. The lowest BCUT2D eigenvalue weighted by atomic mass is 10.2. The van der Waals surface area contributed by atoms with E-state index in [2.05, 4.69) is 20.7 Å². The molecule has 2 unspecified atom stereocenters. The van der Waals surface area contributed by atoms with Crippen molar-refractivity contribution in [2.24, 2.45) is 0 Å². The van der Waals surface area contributed by atoms with Crippen molar-refractivity contribution in [3.63, 3.8) is 0 Å². The Bertz CT molecular complexity index is 488. The smallest absolute Gasteiger partial charge is 0.214 e. The zero-order valence-electron chi connectivity index (χ0n) is 10.0. The predicted octanol–water partition coefficient (Wildman–Crippen LogP) is 0.799. The first-order valence-electron chi connectivity index (χ1n) is 6.16. The van der Waals surface area contributed by atoms with Crippen LogP contribution < -0.4 is 4.72 Å². The van der Waals surface area contributed by atoms with Gasteiger partial charge in [-0.2, -0.15) is 0 Å². The van der Waals surface area contributed by atoms with Crippen LogP contribution in [0.15, 0.2) is 0 Å². The molecule has 2 fully saturated rings. The maximum atomic E-state index is 12.2. The summed E-state index contributed by atoms with van der Waals surface area (Å²) in [6.07, 6.45) is 3.28. The molecule has 5 nitrogen and oxygen atoms in total. The van der Waals surface area contributed by atoms with Gasteiger partial charge in [-0.05, 0) is 25.7 Å². The maximum Gasteiger partial charge on any atom is 0.214 e. The Morgan fingerprint density at radius 3 is 2.17 bits per heavy atom. The normalized spacial score (nSPS) is 33.6. The minimum absolute atomic E-state index is 0.0129. The van der Waals surface area contributed by atoms with Crippen molar-refractivity contribution < 1.29 is 16.8 Å². The molecule has 1 heterocycles. The Morgan fingerprint density at radius 2 is 1.67 bits per heavy atom. The van der Waals surface area contributed by atoms with Gasteiger partial charge in [-0.25, -0.2) is 21.6 Å². The van der Waals surface area contributed by atoms with E-state index in [1.807, 2.05) is 0 Å². The van der Waals surface area contributed by atoms with Gasteiger partial charge in [0.05, 0.1) is 16.8 Å². The van der Waals surface area contributed by atoms with Gasteiger partial charge in [-0.1, -0.05) is 22.4 Å². The Morgan fingerprint density at radius 1 is 1.06 bits per heavy atom. The average molecular weight is 360 g/mol. The summed E-state index contributed by atoms with van der Waals surface area (Å²) in [7, 11) is -6.41. The third-order valence-electron chi connectivity index (χ3n) is 3.69. The van der Waals surface area contributed by atoms with Crippen LogP contribution in [0.25, 0.3) is 0 Å². The van der Waals surface area contributed by atoms with E-state index >= 15 is 0 Å². The van der Waals surface area contributed by atoms with E-state index in [1.54, 1.807) is 0 Å². The molecule has 1 aliphatic carbocycles. The summed E-state index contributed by atoms with van der Waals surface area (Å²) >= 11 is 3.48. The molecule has 2 rings (SSSR count). The fourth-order valence-corrected chi connectivity index (χ4v) is 6.97. The quantitative estimate of drug-likeness (QED) is 0.755. The number of rotatable bonds is 3. The molecule has 2 atom stereocenters. The minimum Gasteiger partial charge on any atom is -0.229 e. The average Bonchev–Trinajstić information content (AvgIpc) is 2.63. The molecule has 1 saturated heterocycles. The highest BCUT2D eigenvalue weighted by molar-refractivity contribution is 9.09. The van der Waals surface area contributed by atoms with Crippen LogP contribution in [0.1, 0.15) is 32.1 Å². The fraction of sp³-hybridized carbons (Fsp3) is 1.00. The number of alkyl halides is 1. The topological polar surface area (TPSA) is 80.3 Å². The molecule has 0 spiro atoms. The Balaban J connectivity index is 1.99. The van der Waals surface area contributed by atoms with Crippen LogP contribution in [0.3, 0.4) is 0 Å². The molecule has 0 amide bonds. The Labute approximate surface area is 117 Å². The lowest BCUT2D eigenvalue weighted by Crippen LogP contribution is -2.45. The van der Waals surface area contributed by atoms with E-state index in [0.29, 0.717) is 0 Å². The van der Waals surface area contributed by atoms with Crippen LogP contribution in [-0.2, 0) is 19.9 Å². The molecule has 2 aliphatic rings. The number of hydrogen-bond donors (Lipinski definition) is 1. The first-order valence-corrected chi connectivity index (χ1v) is 10.4. The second kappa shape index (κ2) is 5.38. The molecule has 0 radical (unpaired) electrons. The Hall–Kier alpha value is 0.340. The molecular weight excluding hydrogens is 342 g/mol. The fourth-order valence-electron chi connectivity index (χ4n) is 2.53. The summed E-state index contributed by atoms with van der Waals surface area (Å²) in [6.45, 7) is 0. The second-order valence-corrected chi connectivity index (χ2v) is 10.5. The van der Waals surface area contributed by atoms with E-state index in [1.165, 1.54) is 0 Å². The van der Waals surface area contributed by atoms with Gasteiger partial charge >= 0.3 is 0 Å². The molecule has 18 heavy (non-hydrogen) atoms. The van der Waals surface area contributed by atoms with Crippen LogP contribution in [0.5, 0.6) is 0 Å². The highest BCUT2D eigenvalue weighted by Crippen LogP contribution is 2.27. The number of nitrogens with one attached hydrogen (secondary N) is 1. The lowest BCUT2D eigenvalue weighted by molar-refractivity contribution is 0.526.